The second kappa shape index (κ2) is 11.1. The maximum absolute atomic E-state index is 14.3. The molecule has 3 unspecified atom stereocenters. The number of benzene rings is 1. The zero-order valence-electron chi connectivity index (χ0n) is 22.7. The smallest absolute Gasteiger partial charge is 0.245 e. The molecular formula is C29H43N3O5. The summed E-state index contributed by atoms with van der Waals surface area (Å²) in [5.41, 5.74) is -0.967. The molecule has 3 N–H and O–H groups in total. The zero-order chi connectivity index (χ0) is 26.8. The van der Waals surface area contributed by atoms with Crippen molar-refractivity contribution in [2.24, 2.45) is 17.8 Å². The number of carbonyl (C=O) groups excluding carboxylic acids is 3. The molecule has 8 nitrogen and oxygen atoms in total. The van der Waals surface area contributed by atoms with E-state index in [-0.39, 0.29) is 30.2 Å². The van der Waals surface area contributed by atoms with Crippen LogP contribution in [0.1, 0.15) is 65.4 Å². The third-order valence-corrected chi connectivity index (χ3v) is 8.83. The van der Waals surface area contributed by atoms with E-state index < -0.39 is 35.1 Å². The molecule has 0 radical (unpaired) electrons. The number of hydrogen-bond acceptors (Lipinski definition) is 5. The van der Waals surface area contributed by atoms with Crippen molar-refractivity contribution < 1.29 is 24.2 Å². The second-order valence-electron chi connectivity index (χ2n) is 11.3. The van der Waals surface area contributed by atoms with E-state index in [0.29, 0.717) is 25.9 Å². The topological polar surface area (TPSA) is 108 Å². The summed E-state index contributed by atoms with van der Waals surface area (Å²) in [5.74, 6) is -2.18. The molecule has 2 bridgehead atoms. The minimum absolute atomic E-state index is 0.00836. The maximum atomic E-state index is 14.3. The lowest BCUT2D eigenvalue weighted by atomic mass is 9.62. The highest BCUT2D eigenvalue weighted by Gasteiger charge is 2.80. The van der Waals surface area contributed by atoms with Gasteiger partial charge in [-0.2, -0.15) is 0 Å². The lowest BCUT2D eigenvalue weighted by Crippen LogP contribution is -2.58. The molecule has 204 valence electrons. The summed E-state index contributed by atoms with van der Waals surface area (Å²) in [6, 6.07) is 8.16. The van der Waals surface area contributed by atoms with E-state index in [0.717, 1.165) is 31.2 Å². The summed E-state index contributed by atoms with van der Waals surface area (Å²) < 4.78 is 6.74. The van der Waals surface area contributed by atoms with Gasteiger partial charge in [0.1, 0.15) is 11.6 Å². The Morgan fingerprint density at radius 3 is 2.46 bits per heavy atom. The van der Waals surface area contributed by atoms with Gasteiger partial charge in [-0.3, -0.25) is 14.4 Å². The molecule has 1 aromatic rings. The van der Waals surface area contributed by atoms with E-state index >= 15 is 0 Å². The van der Waals surface area contributed by atoms with E-state index in [9.17, 15) is 19.5 Å². The summed E-state index contributed by atoms with van der Waals surface area (Å²) in [4.78, 5) is 43.2. The lowest BCUT2D eigenvalue weighted by molar-refractivity contribution is -0.150. The number of rotatable bonds is 12. The Balaban J connectivity index is 1.73. The van der Waals surface area contributed by atoms with Crippen LogP contribution in [-0.2, 0) is 25.5 Å². The molecule has 3 saturated heterocycles. The summed E-state index contributed by atoms with van der Waals surface area (Å²) >= 11 is 0. The first-order valence-corrected chi connectivity index (χ1v) is 14.0. The van der Waals surface area contributed by atoms with Gasteiger partial charge in [0.15, 0.2) is 0 Å². The van der Waals surface area contributed by atoms with Crippen molar-refractivity contribution in [3.63, 3.8) is 0 Å². The van der Waals surface area contributed by atoms with Gasteiger partial charge < -0.3 is 25.4 Å². The first-order chi connectivity index (χ1) is 17.7. The van der Waals surface area contributed by atoms with Gasteiger partial charge in [-0.25, -0.2) is 0 Å². The lowest BCUT2D eigenvalue weighted by Gasteiger charge is -2.37. The van der Waals surface area contributed by atoms with Crippen molar-refractivity contribution in [1.29, 1.82) is 0 Å². The normalized spacial score (nSPS) is 32.9. The average molecular weight is 514 g/mol. The Hall–Kier alpha value is -2.45. The molecule has 37 heavy (non-hydrogen) atoms. The van der Waals surface area contributed by atoms with Gasteiger partial charge in [0, 0.05) is 13.1 Å². The first-order valence-electron chi connectivity index (χ1n) is 14.0. The van der Waals surface area contributed by atoms with Gasteiger partial charge in [0.25, 0.3) is 0 Å². The van der Waals surface area contributed by atoms with Crippen LogP contribution in [0.2, 0.25) is 0 Å². The van der Waals surface area contributed by atoms with E-state index in [1.807, 2.05) is 51.1 Å². The molecule has 1 aromatic carbocycles. The van der Waals surface area contributed by atoms with E-state index in [1.54, 1.807) is 4.90 Å². The number of amides is 3. The summed E-state index contributed by atoms with van der Waals surface area (Å²) in [5, 5.41) is 16.5. The number of aliphatic hydroxyl groups is 1. The number of aliphatic hydroxyl groups excluding tert-OH is 1. The predicted molar refractivity (Wildman–Crippen MR) is 140 cm³/mol. The Labute approximate surface area is 220 Å². The average Bonchev–Trinajstić information content (AvgIpc) is 3.41. The van der Waals surface area contributed by atoms with Crippen molar-refractivity contribution in [3.05, 3.63) is 35.9 Å². The highest BCUT2D eigenvalue weighted by molar-refractivity contribution is 5.99. The number of nitrogens with one attached hydrogen (secondary N) is 2. The summed E-state index contributed by atoms with van der Waals surface area (Å²) in [6.07, 6.45) is 4.60. The Morgan fingerprint density at radius 2 is 1.81 bits per heavy atom. The van der Waals surface area contributed by atoms with Gasteiger partial charge in [0.05, 0.1) is 30.1 Å². The van der Waals surface area contributed by atoms with Crippen molar-refractivity contribution in [1.82, 2.24) is 15.5 Å². The molecule has 3 amide bonds. The minimum Gasteiger partial charge on any atom is -0.394 e. The molecule has 8 heteroatoms. The van der Waals surface area contributed by atoms with Crippen LogP contribution >= 0.6 is 0 Å². The minimum atomic E-state index is -1.10. The molecule has 3 fully saturated rings. The molecular weight excluding hydrogens is 470 g/mol. The van der Waals surface area contributed by atoms with Crippen LogP contribution in [0.4, 0.5) is 0 Å². The number of ether oxygens (including phenoxy) is 1. The van der Waals surface area contributed by atoms with Crippen LogP contribution in [0.25, 0.3) is 0 Å². The van der Waals surface area contributed by atoms with Crippen LogP contribution in [0.3, 0.4) is 0 Å². The monoisotopic (exact) mass is 513 g/mol. The maximum Gasteiger partial charge on any atom is 0.245 e. The molecule has 0 saturated carbocycles. The number of carbonyl (C=O) groups is 3. The van der Waals surface area contributed by atoms with E-state index in [2.05, 4.69) is 17.6 Å². The van der Waals surface area contributed by atoms with E-state index in [1.165, 1.54) is 0 Å². The fourth-order valence-corrected chi connectivity index (χ4v) is 6.95. The second-order valence-corrected chi connectivity index (χ2v) is 11.3. The van der Waals surface area contributed by atoms with Crippen LogP contribution in [-0.4, -0.2) is 70.7 Å². The number of nitrogens with zero attached hydrogens (tertiary/aromatic N) is 1. The molecule has 0 aliphatic carbocycles. The molecule has 1 spiro atoms. The summed E-state index contributed by atoms with van der Waals surface area (Å²) in [6.45, 7) is 8.80. The van der Waals surface area contributed by atoms with Crippen LogP contribution < -0.4 is 10.6 Å². The number of unbranched alkanes of at least 4 members (excludes halogenated alkanes) is 2. The largest absolute Gasteiger partial charge is 0.394 e. The Kier molecular flexibility index (Phi) is 8.29. The molecule has 0 aromatic heterocycles. The highest BCUT2D eigenvalue weighted by atomic mass is 16.5. The molecule has 3 aliphatic rings. The number of likely N-dealkylation sites (tertiary alicyclic amines) is 1. The standard InChI is InChI=1S/C29H43N3O5/c1-5-7-11-15-31-26(35)24-29-17-19(3)28(4,37-29)22(25(34)30-14-6-2)23(29)27(36)32(24)21(18-33)16-20-12-9-8-10-13-20/h8-10,12-13,19,21-24,33H,5-7,11,14-18H2,1-4H3,(H,30,34)(H,31,35)/t19?,21-,22-,23+,24?,28+,29?/m1/s1. The first kappa shape index (κ1) is 27.6. The van der Waals surface area contributed by atoms with Crippen molar-refractivity contribution in [2.75, 3.05) is 19.7 Å². The van der Waals surface area contributed by atoms with Crippen LogP contribution in [0.15, 0.2) is 30.3 Å². The van der Waals surface area contributed by atoms with Crippen molar-refractivity contribution in [2.45, 2.75) is 89.5 Å². The fraction of sp³-hybridized carbons (Fsp3) is 0.690. The molecule has 7 atom stereocenters. The fourth-order valence-electron chi connectivity index (χ4n) is 6.95. The molecule has 3 aliphatic heterocycles. The zero-order valence-corrected chi connectivity index (χ0v) is 22.7. The van der Waals surface area contributed by atoms with Crippen molar-refractivity contribution in [3.8, 4) is 0 Å². The SMILES string of the molecule is CCCCCNC(=O)C1N([C@@H](CO)Cc2ccccc2)C(=O)[C@@H]2[C@H](C(=O)NCCC)[C@@]3(C)OC12CC3C. The summed E-state index contributed by atoms with van der Waals surface area (Å²) in [7, 11) is 0. The van der Waals surface area contributed by atoms with Gasteiger partial charge >= 0.3 is 0 Å². The molecule has 4 rings (SSSR count). The van der Waals surface area contributed by atoms with Gasteiger partial charge in [0.2, 0.25) is 17.7 Å². The molecule has 3 heterocycles. The Bertz CT molecular complexity index is 987. The quantitative estimate of drug-likeness (QED) is 0.372. The Morgan fingerprint density at radius 1 is 1.11 bits per heavy atom. The number of hydrogen-bond donors (Lipinski definition) is 3. The predicted octanol–water partition coefficient (Wildman–Crippen LogP) is 2.43. The van der Waals surface area contributed by atoms with Crippen LogP contribution in [0, 0.1) is 17.8 Å². The van der Waals surface area contributed by atoms with Gasteiger partial charge in [-0.05, 0) is 44.1 Å². The van der Waals surface area contributed by atoms with Crippen LogP contribution in [0.5, 0.6) is 0 Å². The number of fused-ring (bicyclic) bond motifs is 1. The van der Waals surface area contributed by atoms with E-state index in [4.69, 9.17) is 4.74 Å². The van der Waals surface area contributed by atoms with Gasteiger partial charge in [-0.1, -0.05) is 63.9 Å². The highest BCUT2D eigenvalue weighted by Crippen LogP contribution is 2.65. The van der Waals surface area contributed by atoms with Gasteiger partial charge in [-0.15, -0.1) is 0 Å². The third-order valence-electron chi connectivity index (χ3n) is 8.83. The van der Waals surface area contributed by atoms with Crippen molar-refractivity contribution >= 4 is 17.7 Å². The third kappa shape index (κ3) is 4.67.